The van der Waals surface area contributed by atoms with E-state index in [9.17, 15) is 5.11 Å². The van der Waals surface area contributed by atoms with Gasteiger partial charge < -0.3 is 5.11 Å². The summed E-state index contributed by atoms with van der Waals surface area (Å²) in [4.78, 5) is 0. The summed E-state index contributed by atoms with van der Waals surface area (Å²) in [7, 11) is 0. The highest BCUT2D eigenvalue weighted by atomic mass is 16.2. The minimum atomic E-state index is 0.197. The fraction of sp³-hybridized carbons (Fsp3) is 0.862. The molecular formula is C29H48O. The number of aliphatic hydroxyl groups excluding tert-OH is 1. The van der Waals surface area contributed by atoms with Gasteiger partial charge in [0.05, 0.1) is 6.61 Å². The van der Waals surface area contributed by atoms with Gasteiger partial charge in [0.25, 0.3) is 0 Å². The van der Waals surface area contributed by atoms with Crippen molar-refractivity contribution >= 4 is 0 Å². The van der Waals surface area contributed by atoms with Gasteiger partial charge >= 0.3 is 0 Å². The molecule has 0 unspecified atom stereocenters. The second-order valence-electron chi connectivity index (χ2n) is 12.3. The Morgan fingerprint density at radius 3 is 2.63 bits per heavy atom. The lowest BCUT2D eigenvalue weighted by Crippen LogP contribution is -2.50. The normalized spacial score (nSPS) is 42.4. The molecule has 0 saturated heterocycles. The van der Waals surface area contributed by atoms with Crippen LogP contribution in [0, 0.1) is 46.3 Å². The molecular weight excluding hydrogens is 364 g/mol. The Morgan fingerprint density at radius 1 is 1.10 bits per heavy atom. The van der Waals surface area contributed by atoms with Crippen LogP contribution in [0.25, 0.3) is 0 Å². The van der Waals surface area contributed by atoms with Crippen molar-refractivity contribution < 1.29 is 5.11 Å². The third-order valence-corrected chi connectivity index (χ3v) is 10.8. The van der Waals surface area contributed by atoms with Gasteiger partial charge in [-0.1, -0.05) is 64.3 Å². The topological polar surface area (TPSA) is 20.2 Å². The molecule has 170 valence electrons. The van der Waals surface area contributed by atoms with Crippen LogP contribution in [0.5, 0.6) is 0 Å². The monoisotopic (exact) mass is 412 g/mol. The van der Waals surface area contributed by atoms with Gasteiger partial charge in [0.1, 0.15) is 0 Å². The van der Waals surface area contributed by atoms with Gasteiger partial charge in [0.2, 0.25) is 0 Å². The van der Waals surface area contributed by atoms with Gasteiger partial charge in [0.15, 0.2) is 0 Å². The summed E-state index contributed by atoms with van der Waals surface area (Å²) in [6.07, 6.45) is 20.3. The first-order valence-corrected chi connectivity index (χ1v) is 13.3. The molecule has 0 aromatic carbocycles. The lowest BCUT2D eigenvalue weighted by Gasteiger charge is -2.58. The number of rotatable bonds is 6. The summed E-state index contributed by atoms with van der Waals surface area (Å²) in [5.41, 5.74) is 4.41. The van der Waals surface area contributed by atoms with Crippen LogP contribution in [0.3, 0.4) is 0 Å². The maximum atomic E-state index is 9.39. The second kappa shape index (κ2) is 8.76. The summed E-state index contributed by atoms with van der Waals surface area (Å²) in [5.74, 6) is 5.13. The smallest absolute Gasteiger partial charge is 0.0615 e. The van der Waals surface area contributed by atoms with E-state index in [1.807, 2.05) is 5.57 Å². The molecule has 4 aliphatic rings. The molecule has 3 saturated carbocycles. The van der Waals surface area contributed by atoms with Crippen LogP contribution >= 0.6 is 0 Å². The van der Waals surface area contributed by atoms with Crippen LogP contribution in [0.1, 0.15) is 105 Å². The minimum Gasteiger partial charge on any atom is -0.392 e. The van der Waals surface area contributed by atoms with E-state index in [1.165, 1.54) is 76.2 Å². The van der Waals surface area contributed by atoms with Crippen molar-refractivity contribution in [2.45, 2.75) is 105 Å². The van der Waals surface area contributed by atoms with Crippen LogP contribution in [0.4, 0.5) is 0 Å². The number of hydrogen-bond acceptors (Lipinski definition) is 1. The Morgan fingerprint density at radius 2 is 1.90 bits per heavy atom. The summed E-state index contributed by atoms with van der Waals surface area (Å²) >= 11 is 0. The highest BCUT2D eigenvalue weighted by Gasteiger charge is 2.58. The molecule has 4 rings (SSSR count). The van der Waals surface area contributed by atoms with Crippen LogP contribution in [-0.4, -0.2) is 11.7 Å². The minimum absolute atomic E-state index is 0.197. The van der Waals surface area contributed by atoms with Crippen LogP contribution in [0.15, 0.2) is 23.3 Å². The van der Waals surface area contributed by atoms with Gasteiger partial charge in [-0.2, -0.15) is 0 Å². The van der Waals surface area contributed by atoms with Crippen molar-refractivity contribution in [3.8, 4) is 0 Å². The first kappa shape index (κ1) is 22.6. The molecule has 30 heavy (non-hydrogen) atoms. The van der Waals surface area contributed by atoms with Crippen molar-refractivity contribution in [1.29, 1.82) is 0 Å². The number of aliphatic hydroxyl groups is 1. The average Bonchev–Trinajstić information content (AvgIpc) is 3.07. The lowest BCUT2D eigenvalue weighted by molar-refractivity contribution is -0.0498. The van der Waals surface area contributed by atoms with Crippen LogP contribution < -0.4 is 0 Å². The van der Waals surface area contributed by atoms with E-state index in [1.54, 1.807) is 0 Å². The fourth-order valence-corrected chi connectivity index (χ4v) is 9.01. The zero-order valence-corrected chi connectivity index (χ0v) is 20.6. The first-order valence-electron chi connectivity index (χ1n) is 13.3. The highest BCUT2D eigenvalue weighted by Crippen LogP contribution is 2.67. The number of allylic oxidation sites excluding steroid dienone is 3. The highest BCUT2D eigenvalue weighted by molar-refractivity contribution is 5.24. The van der Waals surface area contributed by atoms with E-state index < -0.39 is 0 Å². The van der Waals surface area contributed by atoms with Crippen LogP contribution in [-0.2, 0) is 0 Å². The standard InChI is InChI=1S/C29H48O/c1-20(2)22(16-19-30)10-9-21(3)25-13-14-26-24-12-11-23-8-6-7-17-28(23,4)27(24)15-18-29(25,26)5/h11,16,20-21,24-27,30H,6-10,12-15,17-19H2,1-5H3/t21-,24+,25-,26+,27+,28+,29-/m1/s1. The number of fused-ring (bicyclic) bond motifs is 5. The molecule has 1 N–H and O–H groups in total. The van der Waals surface area contributed by atoms with Crippen molar-refractivity contribution in [3.05, 3.63) is 23.3 Å². The van der Waals surface area contributed by atoms with Crippen LogP contribution in [0.2, 0.25) is 0 Å². The molecule has 7 atom stereocenters. The Kier molecular flexibility index (Phi) is 6.61. The largest absolute Gasteiger partial charge is 0.392 e. The fourth-order valence-electron chi connectivity index (χ4n) is 9.01. The van der Waals surface area contributed by atoms with E-state index in [0.717, 1.165) is 29.6 Å². The Hall–Kier alpha value is -0.560. The molecule has 3 fully saturated rings. The lowest BCUT2D eigenvalue weighted by atomic mass is 9.47. The summed E-state index contributed by atoms with van der Waals surface area (Å²) in [6.45, 7) is 12.6. The Bertz CT molecular complexity index is 672. The second-order valence-corrected chi connectivity index (χ2v) is 12.3. The van der Waals surface area contributed by atoms with Crippen molar-refractivity contribution in [2.24, 2.45) is 46.3 Å². The van der Waals surface area contributed by atoms with E-state index in [2.05, 4.69) is 46.8 Å². The molecule has 0 radical (unpaired) electrons. The molecule has 0 bridgehead atoms. The first-order chi connectivity index (χ1) is 14.3. The molecule has 0 heterocycles. The van der Waals surface area contributed by atoms with Crippen molar-refractivity contribution in [2.75, 3.05) is 6.61 Å². The molecule has 0 amide bonds. The molecule has 1 nitrogen and oxygen atoms in total. The Labute approximate surface area is 186 Å². The number of hydrogen-bond donors (Lipinski definition) is 1. The predicted octanol–water partition coefficient (Wildman–Crippen LogP) is 7.95. The quantitative estimate of drug-likeness (QED) is 0.439. The molecule has 0 spiro atoms. The molecule has 1 heteroatoms. The van der Waals surface area contributed by atoms with Crippen molar-refractivity contribution in [3.63, 3.8) is 0 Å². The summed E-state index contributed by atoms with van der Waals surface area (Å²) in [5, 5.41) is 9.39. The zero-order chi connectivity index (χ0) is 21.5. The average molecular weight is 413 g/mol. The van der Waals surface area contributed by atoms with Gasteiger partial charge in [-0.25, -0.2) is 0 Å². The molecule has 0 aromatic rings. The van der Waals surface area contributed by atoms with Gasteiger partial charge in [-0.3, -0.25) is 0 Å². The van der Waals surface area contributed by atoms with Gasteiger partial charge in [-0.05, 0) is 111 Å². The predicted molar refractivity (Wildman–Crippen MR) is 128 cm³/mol. The van der Waals surface area contributed by atoms with Gasteiger partial charge in [0, 0.05) is 0 Å². The maximum absolute atomic E-state index is 9.39. The Balaban J connectivity index is 1.47. The van der Waals surface area contributed by atoms with E-state index in [0.29, 0.717) is 16.7 Å². The summed E-state index contributed by atoms with van der Waals surface area (Å²) in [6, 6.07) is 0. The van der Waals surface area contributed by atoms with Gasteiger partial charge in [-0.15, -0.1) is 0 Å². The van der Waals surface area contributed by atoms with E-state index in [-0.39, 0.29) is 6.61 Å². The van der Waals surface area contributed by atoms with E-state index >= 15 is 0 Å². The van der Waals surface area contributed by atoms with E-state index in [4.69, 9.17) is 0 Å². The molecule has 4 aliphatic carbocycles. The maximum Gasteiger partial charge on any atom is 0.0615 e. The van der Waals surface area contributed by atoms with Crippen molar-refractivity contribution in [1.82, 2.24) is 0 Å². The zero-order valence-electron chi connectivity index (χ0n) is 20.6. The molecule has 0 aromatic heterocycles. The third kappa shape index (κ3) is 3.76. The SMILES string of the molecule is CC(C)C(=CCO)CC[C@@H](C)[C@H]1CC[C@H]2[C@@H]3CC=C4CCCC[C@]4(C)[C@H]3CC[C@]12C. The summed E-state index contributed by atoms with van der Waals surface area (Å²) < 4.78 is 0. The molecule has 0 aliphatic heterocycles. The third-order valence-electron chi connectivity index (χ3n) is 10.8.